The molecule has 20 heavy (non-hydrogen) atoms. The minimum Gasteiger partial charge on any atom is -0.493 e. The van der Waals surface area contributed by atoms with Crippen LogP contribution >= 0.6 is 11.6 Å². The van der Waals surface area contributed by atoms with Crippen LogP contribution in [-0.2, 0) is 6.54 Å². The van der Waals surface area contributed by atoms with Gasteiger partial charge in [-0.3, -0.25) is 0 Å². The molecule has 7 heteroatoms. The molecule has 0 fully saturated rings. The second-order valence-electron chi connectivity index (χ2n) is 4.17. The van der Waals surface area contributed by atoms with Gasteiger partial charge in [-0.1, -0.05) is 17.7 Å². The smallest absolute Gasteiger partial charge is 0.389 e. The van der Waals surface area contributed by atoms with Crippen molar-refractivity contribution in [2.75, 3.05) is 20.8 Å². The van der Waals surface area contributed by atoms with Gasteiger partial charge in [-0.05, 0) is 24.6 Å². The molecule has 0 aromatic heterocycles. The fraction of sp³-hybridized carbons (Fsp3) is 0.538. The van der Waals surface area contributed by atoms with Crippen molar-refractivity contribution in [1.82, 2.24) is 5.32 Å². The number of halogens is 4. The van der Waals surface area contributed by atoms with Gasteiger partial charge < -0.3 is 14.8 Å². The highest BCUT2D eigenvalue weighted by atomic mass is 35.5. The maximum Gasteiger partial charge on any atom is 0.389 e. The molecule has 0 saturated carbocycles. The Morgan fingerprint density at radius 3 is 2.45 bits per heavy atom. The first-order valence-electron chi connectivity index (χ1n) is 6.06. The normalized spacial score (nSPS) is 11.5. The van der Waals surface area contributed by atoms with Crippen LogP contribution in [0.3, 0.4) is 0 Å². The number of rotatable bonds is 7. The molecule has 0 saturated heterocycles. The Kier molecular flexibility index (Phi) is 6.42. The fourth-order valence-corrected chi connectivity index (χ4v) is 2.00. The van der Waals surface area contributed by atoms with Gasteiger partial charge in [0.25, 0.3) is 0 Å². The van der Waals surface area contributed by atoms with Crippen LogP contribution in [0.5, 0.6) is 11.5 Å². The second-order valence-corrected chi connectivity index (χ2v) is 4.55. The molecule has 0 bridgehead atoms. The van der Waals surface area contributed by atoms with Gasteiger partial charge in [0.2, 0.25) is 0 Å². The average molecular weight is 312 g/mol. The standard InChI is InChI=1S/C13H17ClF3NO2/c1-19-10-5-4-9(11(14)12(10)20-2)8-18-7-3-6-13(15,16)17/h4-5,18H,3,6-8H2,1-2H3. The molecule has 114 valence electrons. The van der Waals surface area contributed by atoms with Crippen molar-refractivity contribution < 1.29 is 22.6 Å². The van der Waals surface area contributed by atoms with E-state index in [9.17, 15) is 13.2 Å². The van der Waals surface area contributed by atoms with Crippen LogP contribution in [0.1, 0.15) is 18.4 Å². The third kappa shape index (κ3) is 5.09. The summed E-state index contributed by atoms with van der Waals surface area (Å²) in [7, 11) is 2.98. The lowest BCUT2D eigenvalue weighted by Crippen LogP contribution is -2.18. The number of alkyl halides is 3. The predicted octanol–water partition coefficient (Wildman–Crippen LogP) is 3.79. The van der Waals surface area contributed by atoms with Gasteiger partial charge in [0.05, 0.1) is 19.2 Å². The van der Waals surface area contributed by atoms with E-state index in [0.717, 1.165) is 5.56 Å². The molecule has 1 rings (SSSR count). The predicted molar refractivity (Wildman–Crippen MR) is 71.6 cm³/mol. The van der Waals surface area contributed by atoms with E-state index in [2.05, 4.69) is 5.32 Å². The minimum absolute atomic E-state index is 0.0361. The van der Waals surface area contributed by atoms with E-state index in [1.807, 2.05) is 0 Å². The number of nitrogens with one attached hydrogen (secondary N) is 1. The topological polar surface area (TPSA) is 30.5 Å². The van der Waals surface area contributed by atoms with Crippen molar-refractivity contribution in [1.29, 1.82) is 0 Å². The van der Waals surface area contributed by atoms with Crippen molar-refractivity contribution in [2.24, 2.45) is 0 Å². The Hall–Kier alpha value is -1.14. The van der Waals surface area contributed by atoms with Gasteiger partial charge >= 0.3 is 6.18 Å². The molecule has 3 nitrogen and oxygen atoms in total. The average Bonchev–Trinajstić information content (AvgIpc) is 2.38. The third-order valence-corrected chi connectivity index (χ3v) is 3.11. The van der Waals surface area contributed by atoms with E-state index in [-0.39, 0.29) is 13.0 Å². The molecule has 0 aliphatic heterocycles. The van der Waals surface area contributed by atoms with E-state index < -0.39 is 12.6 Å². The molecule has 1 N–H and O–H groups in total. The van der Waals surface area contributed by atoms with Gasteiger partial charge in [0.15, 0.2) is 11.5 Å². The van der Waals surface area contributed by atoms with Gasteiger partial charge in [-0.15, -0.1) is 0 Å². The molecule has 0 aliphatic rings. The Bertz CT molecular complexity index is 438. The zero-order valence-electron chi connectivity index (χ0n) is 11.3. The number of ether oxygens (including phenoxy) is 2. The molecular formula is C13H17ClF3NO2. The van der Waals surface area contributed by atoms with Crippen LogP contribution in [0.25, 0.3) is 0 Å². The van der Waals surface area contributed by atoms with E-state index in [4.69, 9.17) is 21.1 Å². The van der Waals surface area contributed by atoms with Crippen molar-refractivity contribution in [2.45, 2.75) is 25.6 Å². The zero-order chi connectivity index (χ0) is 15.2. The van der Waals surface area contributed by atoms with Crippen LogP contribution in [0.2, 0.25) is 5.02 Å². The number of benzene rings is 1. The molecule has 0 atom stereocenters. The molecule has 0 spiro atoms. The first-order chi connectivity index (χ1) is 9.39. The van der Waals surface area contributed by atoms with E-state index in [1.54, 1.807) is 12.1 Å². The highest BCUT2D eigenvalue weighted by Gasteiger charge is 2.25. The monoisotopic (exact) mass is 311 g/mol. The van der Waals surface area contributed by atoms with Crippen LogP contribution in [0.4, 0.5) is 13.2 Å². The summed E-state index contributed by atoms with van der Waals surface area (Å²) in [5, 5.41) is 3.32. The third-order valence-electron chi connectivity index (χ3n) is 2.69. The maximum absolute atomic E-state index is 12.0. The number of hydrogen-bond acceptors (Lipinski definition) is 3. The summed E-state index contributed by atoms with van der Waals surface area (Å²) in [6, 6.07) is 3.46. The summed E-state index contributed by atoms with van der Waals surface area (Å²) in [5.74, 6) is 0.932. The van der Waals surface area contributed by atoms with Crippen LogP contribution in [0.15, 0.2) is 12.1 Å². The lowest BCUT2D eigenvalue weighted by molar-refractivity contribution is -0.135. The van der Waals surface area contributed by atoms with Crippen LogP contribution < -0.4 is 14.8 Å². The summed E-state index contributed by atoms with van der Waals surface area (Å²) in [5.41, 5.74) is 0.747. The Labute approximate surface area is 121 Å². The molecule has 0 aliphatic carbocycles. The van der Waals surface area contributed by atoms with Crippen LogP contribution in [0, 0.1) is 0 Å². The van der Waals surface area contributed by atoms with Crippen molar-refractivity contribution in [3.8, 4) is 11.5 Å². The molecule has 1 aromatic carbocycles. The zero-order valence-corrected chi connectivity index (χ0v) is 12.1. The first-order valence-corrected chi connectivity index (χ1v) is 6.43. The molecule has 0 unspecified atom stereocenters. The van der Waals surface area contributed by atoms with Crippen molar-refractivity contribution >= 4 is 11.6 Å². The summed E-state index contributed by atoms with van der Waals surface area (Å²) in [6.07, 6.45) is -4.86. The fourth-order valence-electron chi connectivity index (χ4n) is 1.70. The van der Waals surface area contributed by atoms with Gasteiger partial charge in [0.1, 0.15) is 0 Å². The Morgan fingerprint density at radius 2 is 1.90 bits per heavy atom. The lowest BCUT2D eigenvalue weighted by Gasteiger charge is -2.13. The van der Waals surface area contributed by atoms with Crippen LogP contribution in [-0.4, -0.2) is 26.9 Å². The largest absolute Gasteiger partial charge is 0.493 e. The van der Waals surface area contributed by atoms with E-state index in [0.29, 0.717) is 23.1 Å². The lowest BCUT2D eigenvalue weighted by atomic mass is 10.2. The van der Waals surface area contributed by atoms with E-state index >= 15 is 0 Å². The minimum atomic E-state index is -4.11. The van der Waals surface area contributed by atoms with Gasteiger partial charge in [-0.2, -0.15) is 13.2 Å². The Balaban J connectivity index is 2.53. The quantitative estimate of drug-likeness (QED) is 0.777. The molecule has 0 heterocycles. The maximum atomic E-state index is 12.0. The summed E-state index contributed by atoms with van der Waals surface area (Å²) >= 11 is 6.15. The highest BCUT2D eigenvalue weighted by molar-refractivity contribution is 6.33. The van der Waals surface area contributed by atoms with Crippen molar-refractivity contribution in [3.63, 3.8) is 0 Å². The van der Waals surface area contributed by atoms with Gasteiger partial charge in [0, 0.05) is 13.0 Å². The van der Waals surface area contributed by atoms with Gasteiger partial charge in [-0.25, -0.2) is 0 Å². The molecule has 1 aromatic rings. The van der Waals surface area contributed by atoms with E-state index in [1.165, 1.54) is 14.2 Å². The second kappa shape index (κ2) is 7.59. The molecule has 0 amide bonds. The number of hydrogen-bond donors (Lipinski definition) is 1. The summed E-state index contributed by atoms with van der Waals surface area (Å²) < 4.78 is 46.2. The Morgan fingerprint density at radius 1 is 1.20 bits per heavy atom. The van der Waals surface area contributed by atoms with Crippen molar-refractivity contribution in [3.05, 3.63) is 22.7 Å². The molecular weight excluding hydrogens is 295 g/mol. The molecule has 0 radical (unpaired) electrons. The summed E-state index contributed by atoms with van der Waals surface area (Å²) in [4.78, 5) is 0. The summed E-state index contributed by atoms with van der Waals surface area (Å²) in [6.45, 7) is 0.640. The SMILES string of the molecule is COc1ccc(CNCCCC(F)(F)F)c(Cl)c1OC. The first kappa shape index (κ1) is 16.9. The number of methoxy groups -OCH3 is 2. The highest BCUT2D eigenvalue weighted by Crippen LogP contribution is 2.37.